The summed E-state index contributed by atoms with van der Waals surface area (Å²) in [7, 11) is 0. The number of hydrogen-bond acceptors (Lipinski definition) is 1. The molecule has 1 aromatic heterocycles. The van der Waals surface area contributed by atoms with E-state index in [1.54, 1.807) is 0 Å². The van der Waals surface area contributed by atoms with Crippen LogP contribution in [0.15, 0.2) is 176 Å². The Bertz CT molecular complexity index is 3260. The van der Waals surface area contributed by atoms with Crippen molar-refractivity contribution < 1.29 is 0 Å². The molecule has 0 bridgehead atoms. The van der Waals surface area contributed by atoms with E-state index in [0.717, 1.165) is 23.4 Å². The Morgan fingerprint density at radius 3 is 1.57 bits per heavy atom. The fourth-order valence-corrected chi connectivity index (χ4v) is 9.02. The summed E-state index contributed by atoms with van der Waals surface area (Å²) in [5.41, 5.74) is 8.23. The largest absolute Gasteiger partial charge is 0.324 e. The van der Waals surface area contributed by atoms with Gasteiger partial charge in [-0.15, -0.1) is 0 Å². The van der Waals surface area contributed by atoms with Crippen LogP contribution in [0.3, 0.4) is 0 Å². The van der Waals surface area contributed by atoms with Gasteiger partial charge in [0.05, 0.1) is 11.0 Å². The highest BCUT2D eigenvalue weighted by atomic mass is 15.1. The molecule has 2 nitrogen and oxygen atoms in total. The quantitative estimate of drug-likeness (QED) is 0.170. The van der Waals surface area contributed by atoms with Crippen LogP contribution in [0.1, 0.15) is 6.92 Å². The third kappa shape index (κ3) is 4.42. The molecule has 0 unspecified atom stereocenters. The van der Waals surface area contributed by atoms with Crippen molar-refractivity contribution in [3.05, 3.63) is 176 Å². The molecule has 0 radical (unpaired) electrons. The van der Waals surface area contributed by atoms with Crippen molar-refractivity contribution in [2.45, 2.75) is 13.5 Å². The van der Waals surface area contributed by atoms with Crippen LogP contribution in [-0.4, -0.2) is 9.55 Å². The third-order valence-corrected chi connectivity index (χ3v) is 11.4. The van der Waals surface area contributed by atoms with Gasteiger partial charge in [-0.05, 0) is 112 Å². The van der Waals surface area contributed by atoms with Crippen molar-refractivity contribution in [3.63, 3.8) is 0 Å². The van der Waals surface area contributed by atoms with E-state index in [1.165, 1.54) is 92.4 Å². The first-order valence-electron chi connectivity index (χ1n) is 18.5. The lowest BCUT2D eigenvalue weighted by Gasteiger charge is -2.16. The summed E-state index contributed by atoms with van der Waals surface area (Å²) in [5.74, 6) is 1.02. The van der Waals surface area contributed by atoms with Crippen LogP contribution in [0.5, 0.6) is 0 Å². The van der Waals surface area contributed by atoms with E-state index in [1.807, 2.05) is 0 Å². The van der Waals surface area contributed by atoms with E-state index in [4.69, 9.17) is 4.98 Å². The lowest BCUT2D eigenvalue weighted by Crippen LogP contribution is -1.98. The highest BCUT2D eigenvalue weighted by Crippen LogP contribution is 2.43. The second-order valence-corrected chi connectivity index (χ2v) is 14.1. The Morgan fingerprint density at radius 1 is 0.377 bits per heavy atom. The monoisotopic (exact) mass is 674 g/mol. The summed E-state index contributed by atoms with van der Waals surface area (Å²) in [5, 5.41) is 15.3. The number of para-hydroxylation sites is 2. The number of nitrogens with zero attached hydrogens (tertiary/aromatic N) is 2. The summed E-state index contributed by atoms with van der Waals surface area (Å²) >= 11 is 0. The molecule has 0 aliphatic heterocycles. The van der Waals surface area contributed by atoms with Gasteiger partial charge >= 0.3 is 0 Å². The number of fused-ring (bicyclic) bond motifs is 7. The highest BCUT2D eigenvalue weighted by molar-refractivity contribution is 6.34. The van der Waals surface area contributed by atoms with Crippen molar-refractivity contribution >= 4 is 75.7 Å². The van der Waals surface area contributed by atoms with Crippen molar-refractivity contribution in [2.75, 3.05) is 0 Å². The van der Waals surface area contributed by atoms with Gasteiger partial charge in [0.25, 0.3) is 0 Å². The number of hydrogen-bond donors (Lipinski definition) is 0. The number of aromatic nitrogens is 2. The van der Waals surface area contributed by atoms with Crippen LogP contribution >= 0.6 is 0 Å². The molecular formula is C51H34N2. The second-order valence-electron chi connectivity index (χ2n) is 14.1. The molecule has 0 N–H and O–H groups in total. The fourth-order valence-electron chi connectivity index (χ4n) is 9.02. The number of rotatable bonds is 4. The van der Waals surface area contributed by atoms with Gasteiger partial charge in [0.1, 0.15) is 5.82 Å². The van der Waals surface area contributed by atoms with Crippen LogP contribution in [0.2, 0.25) is 0 Å². The lowest BCUT2D eigenvalue weighted by atomic mass is 9.87. The maximum absolute atomic E-state index is 5.11. The van der Waals surface area contributed by atoms with Crippen molar-refractivity contribution in [3.8, 4) is 33.6 Å². The standard InChI is InChI=1S/C51H34N2/c1-2-53-47-23-8-7-22-46(47)52-51(53)45-31-30-36(38-14-3-4-15-39(38)45)32-24-26-33(27-25-32)37-18-11-21-44-43-20-10-13-35-29-28-34-12-9-19-41(48(34)49(35)43)40-16-5-6-17-42(40)50(37)44/h3-31H,2H2,1H3. The second kappa shape index (κ2) is 11.6. The zero-order valence-corrected chi connectivity index (χ0v) is 29.3. The van der Waals surface area contributed by atoms with E-state index < -0.39 is 0 Å². The highest BCUT2D eigenvalue weighted by Gasteiger charge is 2.18. The minimum Gasteiger partial charge on any atom is -0.324 e. The predicted octanol–water partition coefficient (Wildman–Crippen LogP) is 14.0. The molecule has 0 atom stereocenters. The van der Waals surface area contributed by atoms with Crippen LogP contribution < -0.4 is 0 Å². The summed E-state index contributed by atoms with van der Waals surface area (Å²) in [6, 6.07) is 64.8. The molecule has 10 aromatic carbocycles. The number of benzene rings is 9. The number of imidazole rings is 1. The van der Waals surface area contributed by atoms with Crippen LogP contribution in [0.25, 0.3) is 109 Å². The van der Waals surface area contributed by atoms with Gasteiger partial charge in [0.2, 0.25) is 0 Å². The smallest absolute Gasteiger partial charge is 0.141 e. The zero-order chi connectivity index (χ0) is 35.0. The maximum atomic E-state index is 5.11. The Labute approximate surface area is 307 Å². The topological polar surface area (TPSA) is 17.8 Å². The first-order chi connectivity index (χ1) is 26.3. The maximum Gasteiger partial charge on any atom is 0.141 e. The molecule has 248 valence electrons. The SMILES string of the molecule is CCn1c(-c2ccc(-c3ccc(-c4cccc5c6cccc7ccc8cccc(c9ccccc9c45)c8c76)cc3)c3ccccc23)nc2ccccc21. The van der Waals surface area contributed by atoms with E-state index in [2.05, 4.69) is 187 Å². The first kappa shape index (κ1) is 29.9. The van der Waals surface area contributed by atoms with Gasteiger partial charge in [0.15, 0.2) is 0 Å². The Hall–Kier alpha value is -6.77. The van der Waals surface area contributed by atoms with E-state index >= 15 is 0 Å². The summed E-state index contributed by atoms with van der Waals surface area (Å²) in [4.78, 5) is 5.11. The van der Waals surface area contributed by atoms with Gasteiger partial charge in [-0.1, -0.05) is 158 Å². The van der Waals surface area contributed by atoms with Crippen molar-refractivity contribution in [1.29, 1.82) is 0 Å². The minimum atomic E-state index is 0.860. The molecule has 1 heterocycles. The summed E-state index contributed by atoms with van der Waals surface area (Å²) in [6.45, 7) is 3.06. The molecule has 0 spiro atoms. The molecule has 0 aliphatic carbocycles. The van der Waals surface area contributed by atoms with E-state index in [0.29, 0.717) is 0 Å². The molecule has 11 rings (SSSR count). The Kier molecular flexibility index (Phi) is 6.56. The molecule has 11 aromatic rings. The van der Waals surface area contributed by atoms with Crippen LogP contribution in [-0.2, 0) is 6.54 Å². The molecule has 0 saturated heterocycles. The predicted molar refractivity (Wildman–Crippen MR) is 227 cm³/mol. The zero-order valence-electron chi connectivity index (χ0n) is 29.3. The van der Waals surface area contributed by atoms with Gasteiger partial charge in [0, 0.05) is 12.1 Å². The van der Waals surface area contributed by atoms with Crippen LogP contribution in [0.4, 0.5) is 0 Å². The third-order valence-electron chi connectivity index (χ3n) is 11.4. The number of aryl methyl sites for hydroxylation is 1. The molecule has 53 heavy (non-hydrogen) atoms. The fraction of sp³-hybridized carbons (Fsp3) is 0.0392. The summed E-state index contributed by atoms with van der Waals surface area (Å²) in [6.07, 6.45) is 0. The summed E-state index contributed by atoms with van der Waals surface area (Å²) < 4.78 is 2.33. The average Bonchev–Trinajstić information content (AvgIpc) is 3.60. The van der Waals surface area contributed by atoms with Gasteiger partial charge < -0.3 is 4.57 Å². The van der Waals surface area contributed by atoms with E-state index in [9.17, 15) is 0 Å². The van der Waals surface area contributed by atoms with Crippen molar-refractivity contribution in [1.82, 2.24) is 9.55 Å². The Morgan fingerprint density at radius 2 is 0.868 bits per heavy atom. The Balaban J connectivity index is 1.12. The van der Waals surface area contributed by atoms with Gasteiger partial charge in [-0.25, -0.2) is 4.98 Å². The van der Waals surface area contributed by atoms with Crippen molar-refractivity contribution in [2.24, 2.45) is 0 Å². The molecular weight excluding hydrogens is 641 g/mol. The van der Waals surface area contributed by atoms with Gasteiger partial charge in [-0.3, -0.25) is 0 Å². The molecule has 0 amide bonds. The molecule has 0 fully saturated rings. The normalized spacial score (nSPS) is 11.9. The van der Waals surface area contributed by atoms with Gasteiger partial charge in [-0.2, -0.15) is 0 Å². The van der Waals surface area contributed by atoms with E-state index in [-0.39, 0.29) is 0 Å². The minimum absolute atomic E-state index is 0.860. The average molecular weight is 675 g/mol. The molecule has 2 heteroatoms. The van der Waals surface area contributed by atoms with Crippen LogP contribution in [0, 0.1) is 0 Å². The molecule has 0 saturated carbocycles. The lowest BCUT2D eigenvalue weighted by molar-refractivity contribution is 0.797. The first-order valence-corrected chi connectivity index (χ1v) is 18.5. The molecule has 0 aliphatic rings.